The first-order valence-corrected chi connectivity index (χ1v) is 7.76. The molecule has 2 N–H and O–H groups in total. The summed E-state index contributed by atoms with van der Waals surface area (Å²) >= 11 is 0. The lowest BCUT2D eigenvalue weighted by Crippen LogP contribution is -2.44. The molecule has 4 nitrogen and oxygen atoms in total. The van der Waals surface area contributed by atoms with Gasteiger partial charge in [0.05, 0.1) is 18.6 Å². The Kier molecular flexibility index (Phi) is 5.62. The molecule has 0 heterocycles. The van der Waals surface area contributed by atoms with Crippen molar-refractivity contribution in [2.75, 3.05) is 13.2 Å². The second-order valence-corrected chi connectivity index (χ2v) is 5.98. The number of rotatable bonds is 6. The van der Waals surface area contributed by atoms with Gasteiger partial charge in [-0.25, -0.2) is 0 Å². The standard InChI is InChI=1S/C17H25NO3/c1-14-6-5-7-15(12-14)21-11-8-16(19)18-13-17(20)9-3-2-4-10-17/h5-7,12,20H,2-4,8-11,13H2,1H3,(H,18,19). The SMILES string of the molecule is Cc1cccc(OCCC(=O)NCC2(O)CCCCC2)c1. The van der Waals surface area contributed by atoms with Crippen LogP contribution in [0.25, 0.3) is 0 Å². The van der Waals surface area contributed by atoms with E-state index in [9.17, 15) is 9.90 Å². The van der Waals surface area contributed by atoms with Crippen LogP contribution in [0, 0.1) is 6.92 Å². The summed E-state index contributed by atoms with van der Waals surface area (Å²) in [7, 11) is 0. The van der Waals surface area contributed by atoms with Crippen molar-refractivity contribution < 1.29 is 14.6 Å². The van der Waals surface area contributed by atoms with Crippen LogP contribution in [0.15, 0.2) is 24.3 Å². The second kappa shape index (κ2) is 7.46. The first-order chi connectivity index (χ1) is 10.1. The molecule has 1 aliphatic rings. The Bertz CT molecular complexity index is 467. The molecule has 0 saturated heterocycles. The number of nitrogens with one attached hydrogen (secondary N) is 1. The van der Waals surface area contributed by atoms with E-state index in [4.69, 9.17) is 4.74 Å². The van der Waals surface area contributed by atoms with Gasteiger partial charge < -0.3 is 15.2 Å². The van der Waals surface area contributed by atoms with E-state index in [1.54, 1.807) is 0 Å². The summed E-state index contributed by atoms with van der Waals surface area (Å²) < 4.78 is 5.55. The van der Waals surface area contributed by atoms with Gasteiger partial charge in [-0.2, -0.15) is 0 Å². The van der Waals surface area contributed by atoms with Gasteiger partial charge in [0.2, 0.25) is 5.91 Å². The third-order valence-electron chi connectivity index (χ3n) is 3.99. The largest absolute Gasteiger partial charge is 0.493 e. The molecular weight excluding hydrogens is 266 g/mol. The summed E-state index contributed by atoms with van der Waals surface area (Å²) in [6.07, 6.45) is 5.15. The molecule has 116 valence electrons. The van der Waals surface area contributed by atoms with Gasteiger partial charge in [0.25, 0.3) is 0 Å². The topological polar surface area (TPSA) is 58.6 Å². The smallest absolute Gasteiger partial charge is 0.223 e. The summed E-state index contributed by atoms with van der Waals surface area (Å²) in [6, 6.07) is 7.77. The van der Waals surface area contributed by atoms with E-state index >= 15 is 0 Å². The fraction of sp³-hybridized carbons (Fsp3) is 0.588. The monoisotopic (exact) mass is 291 g/mol. The quantitative estimate of drug-likeness (QED) is 0.847. The van der Waals surface area contributed by atoms with Crippen LogP contribution >= 0.6 is 0 Å². The predicted octanol–water partition coefficient (Wildman–Crippen LogP) is 2.58. The van der Waals surface area contributed by atoms with Crippen LogP contribution in [0.5, 0.6) is 5.75 Å². The Morgan fingerprint density at radius 3 is 2.81 bits per heavy atom. The normalized spacial score (nSPS) is 17.2. The zero-order chi connectivity index (χ0) is 15.1. The molecule has 0 aliphatic heterocycles. The molecule has 0 atom stereocenters. The van der Waals surface area contributed by atoms with E-state index in [0.29, 0.717) is 19.6 Å². The fourth-order valence-electron chi connectivity index (χ4n) is 2.70. The molecule has 0 spiro atoms. The highest BCUT2D eigenvalue weighted by Gasteiger charge is 2.29. The minimum Gasteiger partial charge on any atom is -0.493 e. The molecule has 1 saturated carbocycles. The highest BCUT2D eigenvalue weighted by atomic mass is 16.5. The molecule has 4 heteroatoms. The van der Waals surface area contributed by atoms with E-state index < -0.39 is 5.60 Å². The Hall–Kier alpha value is -1.55. The van der Waals surface area contributed by atoms with Gasteiger partial charge in [-0.1, -0.05) is 31.4 Å². The Balaban J connectivity index is 1.65. The molecular formula is C17H25NO3. The number of benzene rings is 1. The number of aryl methyl sites for hydroxylation is 1. The number of aliphatic hydroxyl groups is 1. The minimum absolute atomic E-state index is 0.0679. The molecule has 1 fully saturated rings. The maximum atomic E-state index is 11.8. The highest BCUT2D eigenvalue weighted by molar-refractivity contribution is 5.76. The zero-order valence-electron chi connectivity index (χ0n) is 12.7. The van der Waals surface area contributed by atoms with Gasteiger partial charge in [0.1, 0.15) is 5.75 Å². The molecule has 2 rings (SSSR count). The summed E-state index contributed by atoms with van der Waals surface area (Å²) in [5, 5.41) is 13.1. The van der Waals surface area contributed by atoms with Crippen molar-refractivity contribution in [1.29, 1.82) is 0 Å². The number of carbonyl (C=O) groups excluding carboxylic acids is 1. The predicted molar refractivity (Wildman–Crippen MR) is 82.3 cm³/mol. The second-order valence-electron chi connectivity index (χ2n) is 5.98. The van der Waals surface area contributed by atoms with Crippen molar-refractivity contribution in [2.45, 2.75) is 51.0 Å². The van der Waals surface area contributed by atoms with Crippen LogP contribution in [-0.2, 0) is 4.79 Å². The van der Waals surface area contributed by atoms with E-state index in [2.05, 4.69) is 5.32 Å². The molecule has 0 radical (unpaired) electrons. The Morgan fingerprint density at radius 2 is 2.10 bits per heavy atom. The maximum absolute atomic E-state index is 11.8. The van der Waals surface area contributed by atoms with Crippen molar-refractivity contribution in [1.82, 2.24) is 5.32 Å². The number of carbonyl (C=O) groups is 1. The van der Waals surface area contributed by atoms with Crippen molar-refractivity contribution >= 4 is 5.91 Å². The lowest BCUT2D eigenvalue weighted by Gasteiger charge is -2.32. The number of amides is 1. The van der Waals surface area contributed by atoms with Crippen LogP contribution in [-0.4, -0.2) is 29.8 Å². The minimum atomic E-state index is -0.703. The van der Waals surface area contributed by atoms with Crippen LogP contribution in [0.3, 0.4) is 0 Å². The van der Waals surface area contributed by atoms with Crippen LogP contribution in [0.4, 0.5) is 0 Å². The van der Waals surface area contributed by atoms with Crippen LogP contribution < -0.4 is 10.1 Å². The van der Waals surface area contributed by atoms with Gasteiger partial charge >= 0.3 is 0 Å². The van der Waals surface area contributed by atoms with Gasteiger partial charge in [-0.05, 0) is 37.5 Å². The van der Waals surface area contributed by atoms with Gasteiger partial charge in [0.15, 0.2) is 0 Å². The summed E-state index contributed by atoms with van der Waals surface area (Å²) in [5.74, 6) is 0.718. The molecule has 0 bridgehead atoms. The van der Waals surface area contributed by atoms with E-state index in [1.165, 1.54) is 6.42 Å². The molecule has 1 aromatic carbocycles. The molecule has 0 aromatic heterocycles. The Morgan fingerprint density at radius 1 is 1.33 bits per heavy atom. The molecule has 21 heavy (non-hydrogen) atoms. The summed E-state index contributed by atoms with van der Waals surface area (Å²) in [4.78, 5) is 11.8. The lowest BCUT2D eigenvalue weighted by molar-refractivity contribution is -0.123. The highest BCUT2D eigenvalue weighted by Crippen LogP contribution is 2.27. The summed E-state index contributed by atoms with van der Waals surface area (Å²) in [5.41, 5.74) is 0.433. The molecule has 0 unspecified atom stereocenters. The number of ether oxygens (including phenoxy) is 1. The number of hydrogen-bond acceptors (Lipinski definition) is 3. The zero-order valence-corrected chi connectivity index (χ0v) is 12.7. The van der Waals surface area contributed by atoms with Crippen molar-refractivity contribution in [3.8, 4) is 5.75 Å². The van der Waals surface area contributed by atoms with Crippen molar-refractivity contribution in [2.24, 2.45) is 0 Å². The molecule has 1 amide bonds. The van der Waals surface area contributed by atoms with E-state index in [0.717, 1.165) is 37.0 Å². The van der Waals surface area contributed by atoms with Gasteiger partial charge in [-0.3, -0.25) is 4.79 Å². The number of hydrogen-bond donors (Lipinski definition) is 2. The van der Waals surface area contributed by atoms with E-state index in [-0.39, 0.29) is 5.91 Å². The average Bonchev–Trinajstić information content (AvgIpc) is 2.46. The lowest BCUT2D eigenvalue weighted by atomic mass is 9.85. The van der Waals surface area contributed by atoms with Crippen LogP contribution in [0.2, 0.25) is 0 Å². The van der Waals surface area contributed by atoms with Crippen molar-refractivity contribution in [3.63, 3.8) is 0 Å². The van der Waals surface area contributed by atoms with Crippen molar-refractivity contribution in [3.05, 3.63) is 29.8 Å². The first kappa shape index (κ1) is 15.8. The average molecular weight is 291 g/mol. The third-order valence-corrected chi connectivity index (χ3v) is 3.99. The van der Waals surface area contributed by atoms with Gasteiger partial charge in [0, 0.05) is 6.54 Å². The molecule has 1 aromatic rings. The van der Waals surface area contributed by atoms with Gasteiger partial charge in [-0.15, -0.1) is 0 Å². The fourth-order valence-corrected chi connectivity index (χ4v) is 2.70. The van der Waals surface area contributed by atoms with Crippen LogP contribution in [0.1, 0.15) is 44.1 Å². The first-order valence-electron chi connectivity index (χ1n) is 7.76. The Labute approximate surface area is 126 Å². The summed E-state index contributed by atoms with van der Waals surface area (Å²) in [6.45, 7) is 2.72. The maximum Gasteiger partial charge on any atom is 0.223 e. The third kappa shape index (κ3) is 5.38. The molecule has 1 aliphatic carbocycles. The van der Waals surface area contributed by atoms with E-state index in [1.807, 2.05) is 31.2 Å².